The third kappa shape index (κ3) is 2.62. The summed E-state index contributed by atoms with van der Waals surface area (Å²) < 4.78 is 5.80. The summed E-state index contributed by atoms with van der Waals surface area (Å²) in [5.74, 6) is 1.76. The number of alkyl halides is 1. The topological polar surface area (TPSA) is 12.5 Å². The number of halogens is 1. The van der Waals surface area contributed by atoms with E-state index < -0.39 is 0 Å². The van der Waals surface area contributed by atoms with Crippen molar-refractivity contribution in [3.8, 4) is 5.75 Å². The SMILES string of the molecule is CC1CN(CCCCCl)c2ccccc2O1. The van der Waals surface area contributed by atoms with Crippen LogP contribution < -0.4 is 9.64 Å². The molecule has 0 amide bonds. The molecular formula is C13H18ClNO. The largest absolute Gasteiger partial charge is 0.487 e. The number of rotatable bonds is 4. The molecule has 1 heterocycles. The number of hydrogen-bond acceptors (Lipinski definition) is 2. The van der Waals surface area contributed by atoms with Crippen molar-refractivity contribution in [1.29, 1.82) is 0 Å². The molecule has 0 saturated carbocycles. The summed E-state index contributed by atoms with van der Waals surface area (Å²) in [5, 5.41) is 0. The van der Waals surface area contributed by atoms with Crippen molar-refractivity contribution >= 4 is 17.3 Å². The third-order valence-electron chi connectivity index (χ3n) is 2.82. The molecule has 0 N–H and O–H groups in total. The normalized spacial score (nSPS) is 19.1. The van der Waals surface area contributed by atoms with E-state index in [9.17, 15) is 0 Å². The monoisotopic (exact) mass is 239 g/mol. The number of hydrogen-bond donors (Lipinski definition) is 0. The lowest BCUT2D eigenvalue weighted by molar-refractivity contribution is 0.212. The predicted molar refractivity (Wildman–Crippen MR) is 68.7 cm³/mol. The molecule has 1 aromatic rings. The highest BCUT2D eigenvalue weighted by atomic mass is 35.5. The van der Waals surface area contributed by atoms with Crippen LogP contribution in [0.4, 0.5) is 5.69 Å². The molecular weight excluding hydrogens is 222 g/mol. The Morgan fingerprint density at radius 1 is 1.38 bits per heavy atom. The zero-order valence-corrected chi connectivity index (χ0v) is 10.4. The number of para-hydroxylation sites is 2. The van der Waals surface area contributed by atoms with Gasteiger partial charge in [-0.05, 0) is 31.9 Å². The van der Waals surface area contributed by atoms with E-state index in [0.29, 0.717) is 0 Å². The zero-order chi connectivity index (χ0) is 11.4. The maximum absolute atomic E-state index is 5.80. The fourth-order valence-corrected chi connectivity index (χ4v) is 2.28. The van der Waals surface area contributed by atoms with Crippen LogP contribution in [0, 0.1) is 0 Å². The molecule has 0 saturated heterocycles. The van der Waals surface area contributed by atoms with Gasteiger partial charge in [-0.2, -0.15) is 0 Å². The first-order chi connectivity index (χ1) is 7.81. The number of nitrogens with zero attached hydrogens (tertiary/aromatic N) is 1. The second-order valence-electron chi connectivity index (χ2n) is 4.24. The second kappa shape index (κ2) is 5.44. The number of anilines is 1. The molecule has 3 heteroatoms. The molecule has 2 nitrogen and oxygen atoms in total. The van der Waals surface area contributed by atoms with Crippen LogP contribution in [0.1, 0.15) is 19.8 Å². The lowest BCUT2D eigenvalue weighted by atomic mass is 10.2. The van der Waals surface area contributed by atoms with Gasteiger partial charge in [0.25, 0.3) is 0 Å². The molecule has 1 unspecified atom stereocenters. The van der Waals surface area contributed by atoms with E-state index in [1.807, 2.05) is 12.1 Å². The summed E-state index contributed by atoms with van der Waals surface area (Å²) in [6.07, 6.45) is 2.49. The van der Waals surface area contributed by atoms with Crippen molar-refractivity contribution in [1.82, 2.24) is 0 Å². The van der Waals surface area contributed by atoms with Crippen LogP contribution in [0.2, 0.25) is 0 Å². The minimum absolute atomic E-state index is 0.269. The summed E-state index contributed by atoms with van der Waals surface area (Å²) in [5.41, 5.74) is 1.22. The third-order valence-corrected chi connectivity index (χ3v) is 3.09. The Balaban J connectivity index is 2.07. The molecule has 1 aliphatic rings. The Labute approximate surface area is 102 Å². The first kappa shape index (κ1) is 11.6. The molecule has 1 aromatic carbocycles. The molecule has 16 heavy (non-hydrogen) atoms. The maximum Gasteiger partial charge on any atom is 0.143 e. The van der Waals surface area contributed by atoms with Gasteiger partial charge in [0, 0.05) is 12.4 Å². The van der Waals surface area contributed by atoms with Crippen LogP contribution in [-0.2, 0) is 0 Å². The molecule has 0 bridgehead atoms. The van der Waals surface area contributed by atoms with E-state index in [2.05, 4.69) is 24.0 Å². The van der Waals surface area contributed by atoms with Gasteiger partial charge in [-0.3, -0.25) is 0 Å². The molecule has 0 aliphatic carbocycles. The van der Waals surface area contributed by atoms with E-state index in [0.717, 1.165) is 37.6 Å². The molecule has 0 aromatic heterocycles. The molecule has 2 rings (SSSR count). The number of fused-ring (bicyclic) bond motifs is 1. The van der Waals surface area contributed by atoms with Gasteiger partial charge >= 0.3 is 0 Å². The van der Waals surface area contributed by atoms with Gasteiger partial charge in [-0.15, -0.1) is 11.6 Å². The minimum Gasteiger partial charge on any atom is -0.487 e. The second-order valence-corrected chi connectivity index (χ2v) is 4.62. The van der Waals surface area contributed by atoms with Crippen LogP contribution in [0.25, 0.3) is 0 Å². The Morgan fingerprint density at radius 3 is 3.00 bits per heavy atom. The average molecular weight is 240 g/mol. The standard InChI is InChI=1S/C13H18ClNO/c1-11-10-15(9-5-4-8-14)12-6-2-3-7-13(12)16-11/h2-3,6-7,11H,4-5,8-10H2,1H3. The van der Waals surface area contributed by atoms with Crippen LogP contribution in [-0.4, -0.2) is 25.1 Å². The highest BCUT2D eigenvalue weighted by molar-refractivity contribution is 6.17. The van der Waals surface area contributed by atoms with E-state index in [1.165, 1.54) is 5.69 Å². The van der Waals surface area contributed by atoms with Crippen molar-refractivity contribution in [2.24, 2.45) is 0 Å². The average Bonchev–Trinajstić information content (AvgIpc) is 2.29. The van der Waals surface area contributed by atoms with Gasteiger partial charge in [0.15, 0.2) is 0 Å². The Kier molecular flexibility index (Phi) is 3.94. The van der Waals surface area contributed by atoms with E-state index >= 15 is 0 Å². The maximum atomic E-state index is 5.80. The van der Waals surface area contributed by atoms with Crippen molar-refractivity contribution in [2.45, 2.75) is 25.9 Å². The summed E-state index contributed by atoms with van der Waals surface area (Å²) in [6.45, 7) is 4.15. The summed E-state index contributed by atoms with van der Waals surface area (Å²) in [4.78, 5) is 2.40. The van der Waals surface area contributed by atoms with Gasteiger partial charge in [0.2, 0.25) is 0 Å². The van der Waals surface area contributed by atoms with Crippen LogP contribution >= 0.6 is 11.6 Å². The summed E-state index contributed by atoms with van der Waals surface area (Å²) in [6, 6.07) is 8.25. The fraction of sp³-hybridized carbons (Fsp3) is 0.538. The molecule has 0 fully saturated rings. The van der Waals surface area contributed by atoms with E-state index in [1.54, 1.807) is 0 Å². The van der Waals surface area contributed by atoms with Gasteiger partial charge < -0.3 is 9.64 Å². The van der Waals surface area contributed by atoms with Crippen molar-refractivity contribution < 1.29 is 4.74 Å². The van der Waals surface area contributed by atoms with Crippen LogP contribution in [0.15, 0.2) is 24.3 Å². The molecule has 1 atom stereocenters. The highest BCUT2D eigenvalue weighted by Gasteiger charge is 2.21. The molecule has 1 aliphatic heterocycles. The quantitative estimate of drug-likeness (QED) is 0.591. The van der Waals surface area contributed by atoms with E-state index in [-0.39, 0.29) is 6.10 Å². The predicted octanol–water partition coefficient (Wildman–Crippen LogP) is 3.29. The molecule has 88 valence electrons. The molecule has 0 radical (unpaired) electrons. The van der Waals surface area contributed by atoms with Crippen molar-refractivity contribution in [2.75, 3.05) is 23.9 Å². The summed E-state index contributed by atoms with van der Waals surface area (Å²) >= 11 is 5.70. The molecule has 0 spiro atoms. The minimum atomic E-state index is 0.269. The van der Waals surface area contributed by atoms with Crippen molar-refractivity contribution in [3.05, 3.63) is 24.3 Å². The van der Waals surface area contributed by atoms with Crippen molar-refractivity contribution in [3.63, 3.8) is 0 Å². The number of ether oxygens (including phenoxy) is 1. The number of benzene rings is 1. The van der Waals surface area contributed by atoms with Gasteiger partial charge in [0.1, 0.15) is 11.9 Å². The van der Waals surface area contributed by atoms with E-state index in [4.69, 9.17) is 16.3 Å². The van der Waals surface area contributed by atoms with Gasteiger partial charge in [-0.25, -0.2) is 0 Å². The lowest BCUT2D eigenvalue weighted by Gasteiger charge is -2.34. The summed E-state index contributed by atoms with van der Waals surface area (Å²) in [7, 11) is 0. The fourth-order valence-electron chi connectivity index (χ4n) is 2.09. The zero-order valence-electron chi connectivity index (χ0n) is 9.66. The first-order valence-corrected chi connectivity index (χ1v) is 6.41. The van der Waals surface area contributed by atoms with Gasteiger partial charge in [0.05, 0.1) is 12.2 Å². The smallest absolute Gasteiger partial charge is 0.143 e. The Hall–Kier alpha value is -0.890. The van der Waals surface area contributed by atoms with Gasteiger partial charge in [-0.1, -0.05) is 12.1 Å². The van der Waals surface area contributed by atoms with Crippen LogP contribution in [0.3, 0.4) is 0 Å². The highest BCUT2D eigenvalue weighted by Crippen LogP contribution is 2.32. The Bertz CT molecular complexity index is 342. The van der Waals surface area contributed by atoms with Crippen LogP contribution in [0.5, 0.6) is 5.75 Å². The first-order valence-electron chi connectivity index (χ1n) is 5.88. The lowest BCUT2D eigenvalue weighted by Crippen LogP contribution is -2.38. The number of unbranched alkanes of at least 4 members (excludes halogenated alkanes) is 1. The Morgan fingerprint density at radius 2 is 2.19 bits per heavy atom.